The molecule has 0 aromatic heterocycles. The quantitative estimate of drug-likeness (QED) is 0.511. The van der Waals surface area contributed by atoms with Gasteiger partial charge in [0.1, 0.15) is 5.75 Å². The summed E-state index contributed by atoms with van der Waals surface area (Å²) in [5.41, 5.74) is 2.60. The number of hydrogen-bond acceptors (Lipinski definition) is 4. The van der Waals surface area contributed by atoms with Gasteiger partial charge in [0.25, 0.3) is 10.1 Å². The lowest BCUT2D eigenvalue weighted by molar-refractivity contribution is 0.252. The molecule has 0 aliphatic rings. The van der Waals surface area contributed by atoms with E-state index in [1.54, 1.807) is 0 Å². The molecule has 0 bridgehead atoms. The number of benzene rings is 2. The Kier molecular flexibility index (Phi) is 6.82. The molecule has 130 valence electrons. The van der Waals surface area contributed by atoms with Crippen molar-refractivity contribution in [1.29, 1.82) is 0 Å². The molecule has 0 saturated carbocycles. The third-order valence-corrected chi connectivity index (χ3v) is 4.28. The Labute approximate surface area is 144 Å². The number of ether oxygens (including phenoxy) is 1. The molecule has 0 amide bonds. The van der Waals surface area contributed by atoms with Crippen LogP contribution in [0.5, 0.6) is 5.75 Å². The summed E-state index contributed by atoms with van der Waals surface area (Å²) in [7, 11) is -3.37. The molecular weight excluding hydrogens is 324 g/mol. The van der Waals surface area contributed by atoms with Gasteiger partial charge in [-0.25, -0.2) is 0 Å². The molecule has 2 rings (SSSR count). The minimum atomic E-state index is -3.37. The predicted molar refractivity (Wildman–Crippen MR) is 95.9 cm³/mol. The highest BCUT2D eigenvalue weighted by atomic mass is 32.2. The Bertz CT molecular complexity index is 709. The van der Waals surface area contributed by atoms with Crippen LogP contribution >= 0.6 is 0 Å². The smallest absolute Gasteiger partial charge is 0.264 e. The fourth-order valence-electron chi connectivity index (χ4n) is 2.44. The fraction of sp³-hybridized carbons (Fsp3) is 0.368. The summed E-state index contributed by atoms with van der Waals surface area (Å²) in [4.78, 5) is 0. The normalized spacial score (nSPS) is 12.8. The van der Waals surface area contributed by atoms with Crippen LogP contribution in [0.2, 0.25) is 0 Å². The van der Waals surface area contributed by atoms with Gasteiger partial charge in [-0.2, -0.15) is 8.42 Å². The minimum Gasteiger partial charge on any atom is -0.494 e. The standard InChI is InChI=1S/C19H24O4S/c1-16(15-17-7-4-3-5-8-17)18-9-11-19(12-10-18)22-13-6-14-23-24(2,20)21/h3-5,7-12,16H,6,13-15H2,1-2H3. The maximum Gasteiger partial charge on any atom is 0.264 e. The molecule has 5 heteroatoms. The van der Waals surface area contributed by atoms with Gasteiger partial charge in [0.15, 0.2) is 0 Å². The van der Waals surface area contributed by atoms with Crippen LogP contribution < -0.4 is 4.74 Å². The van der Waals surface area contributed by atoms with Crippen molar-refractivity contribution in [1.82, 2.24) is 0 Å². The summed E-state index contributed by atoms with van der Waals surface area (Å²) in [6.45, 7) is 2.78. The third-order valence-electron chi connectivity index (χ3n) is 3.69. The maximum atomic E-state index is 10.8. The van der Waals surface area contributed by atoms with Crippen LogP contribution in [0, 0.1) is 0 Å². The van der Waals surface area contributed by atoms with Gasteiger partial charge in [0, 0.05) is 6.42 Å². The predicted octanol–water partition coefficient (Wildman–Crippen LogP) is 3.78. The SMILES string of the molecule is CC(Cc1ccccc1)c1ccc(OCCCOS(C)(=O)=O)cc1. The van der Waals surface area contributed by atoms with Gasteiger partial charge in [-0.3, -0.25) is 4.18 Å². The van der Waals surface area contributed by atoms with E-state index in [0.717, 1.165) is 18.4 Å². The van der Waals surface area contributed by atoms with Gasteiger partial charge in [-0.1, -0.05) is 49.4 Å². The Morgan fingerprint density at radius 3 is 2.25 bits per heavy atom. The molecule has 0 saturated heterocycles. The van der Waals surface area contributed by atoms with E-state index < -0.39 is 10.1 Å². The summed E-state index contributed by atoms with van der Waals surface area (Å²) in [5, 5.41) is 0. The van der Waals surface area contributed by atoms with Gasteiger partial charge < -0.3 is 4.74 Å². The highest BCUT2D eigenvalue weighted by Crippen LogP contribution is 2.22. The molecule has 2 aromatic carbocycles. The van der Waals surface area contributed by atoms with Crippen LogP contribution in [0.4, 0.5) is 0 Å². The Morgan fingerprint density at radius 1 is 0.958 bits per heavy atom. The Morgan fingerprint density at radius 2 is 1.62 bits per heavy atom. The summed E-state index contributed by atoms with van der Waals surface area (Å²) in [5.74, 6) is 1.22. The van der Waals surface area contributed by atoms with Crippen molar-refractivity contribution < 1.29 is 17.3 Å². The highest BCUT2D eigenvalue weighted by Gasteiger charge is 2.07. The number of hydrogen-bond donors (Lipinski definition) is 0. The van der Waals surface area contributed by atoms with Gasteiger partial charge in [0.2, 0.25) is 0 Å². The molecular formula is C19H24O4S. The second-order valence-electron chi connectivity index (χ2n) is 5.89. The first-order chi connectivity index (χ1) is 11.4. The Balaban J connectivity index is 1.78. The molecule has 2 aromatic rings. The van der Waals surface area contributed by atoms with E-state index in [1.165, 1.54) is 11.1 Å². The van der Waals surface area contributed by atoms with E-state index in [2.05, 4.69) is 47.5 Å². The van der Waals surface area contributed by atoms with E-state index in [9.17, 15) is 8.42 Å². The number of rotatable bonds is 9. The van der Waals surface area contributed by atoms with Crippen molar-refractivity contribution in [3.8, 4) is 5.75 Å². The second kappa shape index (κ2) is 8.85. The van der Waals surface area contributed by atoms with Crippen LogP contribution in [0.15, 0.2) is 54.6 Å². The van der Waals surface area contributed by atoms with E-state index >= 15 is 0 Å². The van der Waals surface area contributed by atoms with Crippen molar-refractivity contribution in [3.05, 3.63) is 65.7 Å². The molecule has 0 aliphatic heterocycles. The van der Waals surface area contributed by atoms with Crippen molar-refractivity contribution >= 4 is 10.1 Å². The van der Waals surface area contributed by atoms with Gasteiger partial charge >= 0.3 is 0 Å². The monoisotopic (exact) mass is 348 g/mol. The summed E-state index contributed by atoms with van der Waals surface area (Å²) < 4.78 is 31.9. The first-order valence-corrected chi connectivity index (χ1v) is 9.87. The lowest BCUT2D eigenvalue weighted by Crippen LogP contribution is -2.07. The van der Waals surface area contributed by atoms with Crippen LogP contribution in [-0.2, 0) is 20.7 Å². The minimum absolute atomic E-state index is 0.144. The van der Waals surface area contributed by atoms with Crippen LogP contribution in [0.25, 0.3) is 0 Å². The van der Waals surface area contributed by atoms with Crippen molar-refractivity contribution in [2.24, 2.45) is 0 Å². The van der Waals surface area contributed by atoms with Crippen LogP contribution in [-0.4, -0.2) is 27.9 Å². The molecule has 0 radical (unpaired) electrons. The molecule has 1 atom stereocenters. The molecule has 4 nitrogen and oxygen atoms in total. The third kappa shape index (κ3) is 6.72. The summed E-state index contributed by atoms with van der Waals surface area (Å²) in [6, 6.07) is 18.5. The highest BCUT2D eigenvalue weighted by molar-refractivity contribution is 7.85. The molecule has 0 heterocycles. The van der Waals surface area contributed by atoms with E-state index in [1.807, 2.05) is 18.2 Å². The Hall–Kier alpha value is -1.85. The van der Waals surface area contributed by atoms with Crippen molar-refractivity contribution in [3.63, 3.8) is 0 Å². The van der Waals surface area contributed by atoms with Gasteiger partial charge in [-0.05, 0) is 35.6 Å². The van der Waals surface area contributed by atoms with E-state index in [4.69, 9.17) is 4.74 Å². The van der Waals surface area contributed by atoms with Crippen molar-refractivity contribution in [2.75, 3.05) is 19.5 Å². The fourth-order valence-corrected chi connectivity index (χ4v) is 2.86. The van der Waals surface area contributed by atoms with Crippen LogP contribution in [0.3, 0.4) is 0 Å². The first-order valence-electron chi connectivity index (χ1n) is 8.05. The molecule has 24 heavy (non-hydrogen) atoms. The largest absolute Gasteiger partial charge is 0.494 e. The first kappa shape index (κ1) is 18.5. The topological polar surface area (TPSA) is 52.6 Å². The lowest BCUT2D eigenvalue weighted by atomic mass is 9.94. The molecule has 0 N–H and O–H groups in total. The zero-order valence-electron chi connectivity index (χ0n) is 14.1. The van der Waals surface area contributed by atoms with E-state index in [0.29, 0.717) is 18.9 Å². The average Bonchev–Trinajstić information content (AvgIpc) is 2.55. The molecule has 0 spiro atoms. The molecule has 0 fully saturated rings. The summed E-state index contributed by atoms with van der Waals surface area (Å²) >= 11 is 0. The molecule has 1 unspecified atom stereocenters. The lowest BCUT2D eigenvalue weighted by Gasteiger charge is -2.13. The second-order valence-corrected chi connectivity index (χ2v) is 7.53. The average molecular weight is 348 g/mol. The van der Waals surface area contributed by atoms with Gasteiger partial charge in [0.05, 0.1) is 19.5 Å². The van der Waals surface area contributed by atoms with Gasteiger partial charge in [-0.15, -0.1) is 0 Å². The zero-order chi connectivity index (χ0) is 17.4. The molecule has 0 aliphatic carbocycles. The summed E-state index contributed by atoms with van der Waals surface area (Å²) in [6.07, 6.45) is 2.58. The van der Waals surface area contributed by atoms with Crippen molar-refractivity contribution in [2.45, 2.75) is 25.7 Å². The zero-order valence-corrected chi connectivity index (χ0v) is 15.0. The van der Waals surface area contributed by atoms with E-state index in [-0.39, 0.29) is 6.61 Å². The van der Waals surface area contributed by atoms with Crippen LogP contribution in [0.1, 0.15) is 30.4 Å². The maximum absolute atomic E-state index is 10.8.